The minimum absolute atomic E-state index is 0.0940. The molecule has 1 fully saturated rings. The number of carbonyl (C=O) groups is 1. The first kappa shape index (κ1) is 8.53. The van der Waals surface area contributed by atoms with Crippen molar-refractivity contribution in [3.8, 4) is 0 Å². The fraction of sp³-hybridized carbons (Fsp3) is 0.875. The highest BCUT2D eigenvalue weighted by atomic mass is 16.2. The molecule has 1 saturated heterocycles. The predicted molar refractivity (Wildman–Crippen MR) is 44.0 cm³/mol. The molecule has 0 saturated carbocycles. The van der Waals surface area contributed by atoms with Gasteiger partial charge in [0.15, 0.2) is 0 Å². The third kappa shape index (κ3) is 2.19. The molecule has 0 bridgehead atoms. The van der Waals surface area contributed by atoms with Crippen LogP contribution < -0.4 is 5.73 Å². The number of nitrogens with zero attached hydrogens (tertiary/aromatic N) is 1. The average Bonchev–Trinajstić information content (AvgIpc) is 2.03. The van der Waals surface area contributed by atoms with Crippen LogP contribution in [0.2, 0.25) is 0 Å². The standard InChI is InChI=1S/C8H16N2O/c1-7-3-2-4-10(6-7)8(11)5-9/h7H,2-6,9H2,1H3/t7-/m0/s1. The lowest BCUT2D eigenvalue weighted by molar-refractivity contribution is -0.131. The fourth-order valence-electron chi connectivity index (χ4n) is 1.55. The largest absolute Gasteiger partial charge is 0.341 e. The van der Waals surface area contributed by atoms with E-state index in [1.807, 2.05) is 4.90 Å². The predicted octanol–water partition coefficient (Wildman–Crippen LogP) is 0.204. The third-order valence-electron chi connectivity index (χ3n) is 2.18. The van der Waals surface area contributed by atoms with Gasteiger partial charge in [-0.3, -0.25) is 4.79 Å². The van der Waals surface area contributed by atoms with Gasteiger partial charge in [-0.1, -0.05) is 6.92 Å². The maximum absolute atomic E-state index is 11.1. The average molecular weight is 156 g/mol. The van der Waals surface area contributed by atoms with E-state index in [-0.39, 0.29) is 12.5 Å². The van der Waals surface area contributed by atoms with Crippen molar-refractivity contribution in [1.29, 1.82) is 0 Å². The number of amides is 1. The van der Waals surface area contributed by atoms with Crippen LogP contribution in [-0.2, 0) is 4.79 Å². The van der Waals surface area contributed by atoms with Crippen LogP contribution in [0.5, 0.6) is 0 Å². The molecule has 1 atom stereocenters. The van der Waals surface area contributed by atoms with Crippen LogP contribution in [0.25, 0.3) is 0 Å². The first-order valence-corrected chi connectivity index (χ1v) is 4.22. The van der Waals surface area contributed by atoms with Gasteiger partial charge in [-0.25, -0.2) is 0 Å². The van der Waals surface area contributed by atoms with Gasteiger partial charge in [0.2, 0.25) is 5.91 Å². The van der Waals surface area contributed by atoms with E-state index in [9.17, 15) is 4.79 Å². The molecule has 1 amide bonds. The van der Waals surface area contributed by atoms with E-state index < -0.39 is 0 Å². The summed E-state index contributed by atoms with van der Waals surface area (Å²) in [4.78, 5) is 13.0. The minimum atomic E-state index is 0.0940. The van der Waals surface area contributed by atoms with Crippen LogP contribution in [0.4, 0.5) is 0 Å². The summed E-state index contributed by atoms with van der Waals surface area (Å²) in [6.45, 7) is 4.14. The van der Waals surface area contributed by atoms with Gasteiger partial charge in [0.1, 0.15) is 0 Å². The quantitative estimate of drug-likeness (QED) is 0.589. The number of hydrogen-bond donors (Lipinski definition) is 1. The van der Waals surface area contributed by atoms with Gasteiger partial charge in [-0.05, 0) is 18.8 Å². The molecule has 2 N–H and O–H groups in total. The van der Waals surface area contributed by atoms with Crippen LogP contribution in [0.15, 0.2) is 0 Å². The van der Waals surface area contributed by atoms with Gasteiger partial charge >= 0.3 is 0 Å². The van der Waals surface area contributed by atoms with Gasteiger partial charge in [0.05, 0.1) is 6.54 Å². The second-order valence-electron chi connectivity index (χ2n) is 3.29. The first-order valence-electron chi connectivity index (χ1n) is 4.22. The highest BCUT2D eigenvalue weighted by molar-refractivity contribution is 5.78. The number of piperidine rings is 1. The summed E-state index contributed by atoms with van der Waals surface area (Å²) >= 11 is 0. The fourth-order valence-corrected chi connectivity index (χ4v) is 1.55. The van der Waals surface area contributed by atoms with Crippen molar-refractivity contribution in [2.75, 3.05) is 19.6 Å². The Hall–Kier alpha value is -0.570. The third-order valence-corrected chi connectivity index (χ3v) is 2.18. The van der Waals surface area contributed by atoms with Gasteiger partial charge in [-0.2, -0.15) is 0 Å². The van der Waals surface area contributed by atoms with Crippen molar-refractivity contribution in [3.63, 3.8) is 0 Å². The van der Waals surface area contributed by atoms with Crippen LogP contribution >= 0.6 is 0 Å². The van der Waals surface area contributed by atoms with Crippen molar-refractivity contribution in [1.82, 2.24) is 4.90 Å². The van der Waals surface area contributed by atoms with Crippen molar-refractivity contribution >= 4 is 5.91 Å². The molecule has 64 valence electrons. The minimum Gasteiger partial charge on any atom is -0.341 e. The van der Waals surface area contributed by atoms with Crippen LogP contribution in [0.3, 0.4) is 0 Å². The zero-order valence-corrected chi connectivity index (χ0v) is 7.05. The maximum Gasteiger partial charge on any atom is 0.236 e. The van der Waals surface area contributed by atoms with Crippen LogP contribution in [-0.4, -0.2) is 30.4 Å². The summed E-state index contributed by atoms with van der Waals surface area (Å²) in [5, 5.41) is 0. The Balaban J connectivity index is 2.39. The second kappa shape index (κ2) is 3.72. The molecule has 0 aromatic rings. The number of carbonyl (C=O) groups excluding carboxylic acids is 1. The van der Waals surface area contributed by atoms with Crippen LogP contribution in [0, 0.1) is 5.92 Å². The highest BCUT2D eigenvalue weighted by Gasteiger charge is 2.19. The maximum atomic E-state index is 11.1. The smallest absolute Gasteiger partial charge is 0.236 e. The summed E-state index contributed by atoms with van der Waals surface area (Å²) in [5.41, 5.74) is 5.26. The van der Waals surface area contributed by atoms with Crippen LogP contribution in [0.1, 0.15) is 19.8 Å². The molecule has 1 aliphatic heterocycles. The SMILES string of the molecule is C[C@H]1CCCN(C(=O)CN)C1. The lowest BCUT2D eigenvalue weighted by Gasteiger charge is -2.30. The summed E-state index contributed by atoms with van der Waals surface area (Å²) in [7, 11) is 0. The Morgan fingerprint density at radius 2 is 2.45 bits per heavy atom. The molecule has 11 heavy (non-hydrogen) atoms. The number of rotatable bonds is 1. The Labute approximate surface area is 67.5 Å². The molecule has 1 heterocycles. The number of nitrogens with two attached hydrogens (primary N) is 1. The van der Waals surface area contributed by atoms with E-state index >= 15 is 0 Å². The Morgan fingerprint density at radius 3 is 3.00 bits per heavy atom. The Morgan fingerprint density at radius 1 is 1.73 bits per heavy atom. The summed E-state index contributed by atoms with van der Waals surface area (Å²) in [6, 6.07) is 0. The monoisotopic (exact) mass is 156 g/mol. The Kier molecular flexibility index (Phi) is 2.88. The van der Waals surface area contributed by atoms with E-state index in [2.05, 4.69) is 6.92 Å². The molecular weight excluding hydrogens is 140 g/mol. The first-order chi connectivity index (χ1) is 5.24. The normalized spacial score (nSPS) is 25.3. The van der Waals surface area contributed by atoms with E-state index in [1.165, 1.54) is 6.42 Å². The lowest BCUT2D eigenvalue weighted by Crippen LogP contribution is -2.42. The summed E-state index contributed by atoms with van der Waals surface area (Å²) in [6.07, 6.45) is 2.38. The molecule has 0 aromatic carbocycles. The molecule has 0 aromatic heterocycles. The van der Waals surface area contributed by atoms with Crippen molar-refractivity contribution in [2.24, 2.45) is 11.7 Å². The zero-order chi connectivity index (χ0) is 8.27. The molecule has 0 spiro atoms. The second-order valence-corrected chi connectivity index (χ2v) is 3.29. The van der Waals surface area contributed by atoms with Crippen molar-refractivity contribution < 1.29 is 4.79 Å². The summed E-state index contributed by atoms with van der Waals surface area (Å²) in [5.74, 6) is 0.746. The highest BCUT2D eigenvalue weighted by Crippen LogP contribution is 2.14. The van der Waals surface area contributed by atoms with E-state index in [0.717, 1.165) is 19.5 Å². The van der Waals surface area contributed by atoms with Gasteiger partial charge in [0, 0.05) is 13.1 Å². The van der Waals surface area contributed by atoms with E-state index in [1.54, 1.807) is 0 Å². The molecule has 0 radical (unpaired) electrons. The van der Waals surface area contributed by atoms with Crippen molar-refractivity contribution in [3.05, 3.63) is 0 Å². The number of likely N-dealkylation sites (tertiary alicyclic amines) is 1. The molecule has 1 rings (SSSR count). The lowest BCUT2D eigenvalue weighted by atomic mass is 10.0. The topological polar surface area (TPSA) is 46.3 Å². The van der Waals surface area contributed by atoms with Crippen molar-refractivity contribution in [2.45, 2.75) is 19.8 Å². The molecular formula is C8H16N2O. The van der Waals surface area contributed by atoms with Gasteiger partial charge in [0.25, 0.3) is 0 Å². The van der Waals surface area contributed by atoms with Gasteiger partial charge < -0.3 is 10.6 Å². The Bertz CT molecular complexity index is 147. The molecule has 0 aliphatic carbocycles. The van der Waals surface area contributed by atoms with E-state index in [4.69, 9.17) is 5.73 Å². The molecule has 3 heteroatoms. The summed E-state index contributed by atoms with van der Waals surface area (Å²) < 4.78 is 0. The van der Waals surface area contributed by atoms with E-state index in [0.29, 0.717) is 5.92 Å². The number of hydrogen-bond acceptors (Lipinski definition) is 2. The molecule has 0 unspecified atom stereocenters. The molecule has 3 nitrogen and oxygen atoms in total. The zero-order valence-electron chi connectivity index (χ0n) is 7.05. The van der Waals surface area contributed by atoms with Gasteiger partial charge in [-0.15, -0.1) is 0 Å². The molecule has 1 aliphatic rings.